The molecule has 4 atom stereocenters. The number of carbonyl (C=O) groups excluding carboxylic acids is 1. The average Bonchev–Trinajstić information content (AvgIpc) is 2.83. The van der Waals surface area contributed by atoms with Crippen molar-refractivity contribution in [3.05, 3.63) is 17.9 Å². The van der Waals surface area contributed by atoms with Gasteiger partial charge in [-0.15, -0.1) is 5.73 Å². The minimum atomic E-state index is -1.81. The monoisotopic (exact) mass is 390 g/mol. The van der Waals surface area contributed by atoms with E-state index < -0.39 is 8.32 Å². The van der Waals surface area contributed by atoms with Crippen LogP contribution in [-0.2, 0) is 9.22 Å². The minimum Gasteiger partial charge on any atom is -0.408 e. The second kappa shape index (κ2) is 7.65. The molecule has 2 nitrogen and oxygen atoms in total. The van der Waals surface area contributed by atoms with Crippen LogP contribution in [0, 0.1) is 23.2 Å². The van der Waals surface area contributed by atoms with E-state index in [1.54, 1.807) is 0 Å². The average molecular weight is 391 g/mol. The number of carbonyl (C=O) groups is 1. The van der Waals surface area contributed by atoms with E-state index in [-0.39, 0.29) is 16.1 Å². The number of rotatable bonds is 5. The van der Waals surface area contributed by atoms with Crippen LogP contribution in [0.3, 0.4) is 0 Å². The Morgan fingerprint density at radius 2 is 1.85 bits per heavy atom. The van der Waals surface area contributed by atoms with Gasteiger partial charge in [-0.1, -0.05) is 34.6 Å². The Kier molecular flexibility index (Phi) is 6.42. The van der Waals surface area contributed by atoms with E-state index in [4.69, 9.17) is 4.43 Å². The fraction of sp³-hybridized carbons (Fsp3) is 0.833. The molecule has 2 fully saturated rings. The first-order chi connectivity index (χ1) is 12.2. The maximum atomic E-state index is 12.4. The van der Waals surface area contributed by atoms with Gasteiger partial charge < -0.3 is 4.43 Å². The van der Waals surface area contributed by atoms with Crippen molar-refractivity contribution in [2.24, 2.45) is 23.2 Å². The van der Waals surface area contributed by atoms with Gasteiger partial charge in [-0.05, 0) is 87.1 Å². The van der Waals surface area contributed by atoms with Crippen molar-refractivity contribution >= 4 is 14.1 Å². The van der Waals surface area contributed by atoms with Gasteiger partial charge >= 0.3 is 0 Å². The summed E-state index contributed by atoms with van der Waals surface area (Å²) in [6.45, 7) is 20.4. The Balaban J connectivity index is 2.09. The summed E-state index contributed by atoms with van der Waals surface area (Å²) in [6.07, 6.45) is 9.67. The van der Waals surface area contributed by atoms with Gasteiger partial charge in [0, 0.05) is 12.3 Å². The van der Waals surface area contributed by atoms with Crippen molar-refractivity contribution in [3.63, 3.8) is 0 Å². The van der Waals surface area contributed by atoms with Gasteiger partial charge in [-0.25, -0.2) is 0 Å². The van der Waals surface area contributed by atoms with Crippen molar-refractivity contribution in [1.82, 2.24) is 0 Å². The van der Waals surface area contributed by atoms with Crippen molar-refractivity contribution in [2.45, 2.75) is 104 Å². The standard InChI is InChI=1S/C24H42O2Si/c1-18(19-14-15-20-21(25)13-11-17-24(19,20)7)12-10-16-23(5,6)26-27(8,9)22(2,3)4/h12,16,18-20H,11,13-15,17H2,1-9H3/t10?,18-,19-,20+,24-/m1/s1. The quantitative estimate of drug-likeness (QED) is 0.376. The highest BCUT2D eigenvalue weighted by atomic mass is 28.4. The van der Waals surface area contributed by atoms with Gasteiger partial charge in [-0.3, -0.25) is 4.79 Å². The molecule has 0 aliphatic heterocycles. The van der Waals surface area contributed by atoms with E-state index in [2.05, 4.69) is 79.4 Å². The first-order valence-corrected chi connectivity index (χ1v) is 13.8. The van der Waals surface area contributed by atoms with Crippen molar-refractivity contribution in [1.29, 1.82) is 0 Å². The van der Waals surface area contributed by atoms with Gasteiger partial charge in [0.25, 0.3) is 0 Å². The van der Waals surface area contributed by atoms with Crippen molar-refractivity contribution < 1.29 is 9.22 Å². The van der Waals surface area contributed by atoms with Gasteiger partial charge in [0.15, 0.2) is 8.32 Å². The Bertz CT molecular complexity index is 619. The third-order valence-corrected chi connectivity index (χ3v) is 12.3. The van der Waals surface area contributed by atoms with Gasteiger partial charge in [0.05, 0.1) is 5.60 Å². The lowest BCUT2D eigenvalue weighted by Gasteiger charge is -2.41. The van der Waals surface area contributed by atoms with Crippen molar-refractivity contribution in [2.75, 3.05) is 0 Å². The van der Waals surface area contributed by atoms with Gasteiger partial charge in [-0.2, -0.15) is 0 Å². The molecule has 0 aromatic rings. The highest BCUT2D eigenvalue weighted by Gasteiger charge is 2.52. The van der Waals surface area contributed by atoms with E-state index in [1.165, 1.54) is 12.8 Å². The molecular formula is C24H42O2Si. The summed E-state index contributed by atoms with van der Waals surface area (Å²) in [7, 11) is -1.81. The Labute approximate surface area is 169 Å². The molecule has 0 heterocycles. The number of fused-ring (bicyclic) bond motifs is 1. The first-order valence-electron chi connectivity index (χ1n) is 10.9. The van der Waals surface area contributed by atoms with E-state index in [1.807, 2.05) is 0 Å². The van der Waals surface area contributed by atoms with E-state index in [0.29, 0.717) is 23.5 Å². The number of ketones is 1. The van der Waals surface area contributed by atoms with Gasteiger partial charge in [0.1, 0.15) is 5.78 Å². The molecule has 0 bridgehead atoms. The van der Waals surface area contributed by atoms with Crippen LogP contribution in [0.1, 0.15) is 80.6 Å². The molecular weight excluding hydrogens is 348 g/mol. The third kappa shape index (κ3) is 4.86. The fourth-order valence-corrected chi connectivity index (χ4v) is 6.87. The lowest BCUT2D eigenvalue weighted by Crippen LogP contribution is -2.46. The maximum Gasteiger partial charge on any atom is 0.193 e. The van der Waals surface area contributed by atoms with E-state index in [0.717, 1.165) is 19.3 Å². The van der Waals surface area contributed by atoms with Crippen LogP contribution in [0.2, 0.25) is 18.1 Å². The van der Waals surface area contributed by atoms with Crippen LogP contribution in [0.4, 0.5) is 0 Å². The molecule has 2 aliphatic carbocycles. The third-order valence-electron chi connectivity index (χ3n) is 7.69. The normalized spacial score (nSPS) is 30.5. The molecule has 0 amide bonds. The van der Waals surface area contributed by atoms with Crippen LogP contribution < -0.4 is 0 Å². The maximum absolute atomic E-state index is 12.4. The molecule has 0 aromatic heterocycles. The second-order valence-corrected chi connectivity index (χ2v) is 16.1. The topological polar surface area (TPSA) is 26.3 Å². The predicted octanol–water partition coefficient (Wildman–Crippen LogP) is 6.92. The Morgan fingerprint density at radius 1 is 1.22 bits per heavy atom. The molecule has 2 aliphatic rings. The lowest BCUT2D eigenvalue weighted by molar-refractivity contribution is -0.129. The van der Waals surface area contributed by atoms with Crippen LogP contribution in [0.15, 0.2) is 17.9 Å². The molecule has 2 rings (SSSR count). The summed E-state index contributed by atoms with van der Waals surface area (Å²) in [5, 5.41) is 0.204. The van der Waals surface area contributed by atoms with Crippen molar-refractivity contribution in [3.8, 4) is 0 Å². The molecule has 0 saturated heterocycles. The largest absolute Gasteiger partial charge is 0.408 e. The molecule has 154 valence electrons. The molecule has 2 saturated carbocycles. The van der Waals surface area contributed by atoms with Crippen LogP contribution >= 0.6 is 0 Å². The lowest BCUT2D eigenvalue weighted by atomic mass is 9.62. The zero-order valence-corrected chi connectivity index (χ0v) is 20.2. The Morgan fingerprint density at radius 3 is 2.44 bits per heavy atom. The molecule has 27 heavy (non-hydrogen) atoms. The number of Topliss-reactive ketones (excluding diaryl/α,β-unsaturated/α-hetero) is 1. The second-order valence-electron chi connectivity index (χ2n) is 11.4. The highest BCUT2D eigenvalue weighted by molar-refractivity contribution is 6.74. The summed E-state index contributed by atoms with van der Waals surface area (Å²) >= 11 is 0. The van der Waals surface area contributed by atoms with Crippen LogP contribution in [0.25, 0.3) is 0 Å². The van der Waals surface area contributed by atoms with Crippen LogP contribution in [0.5, 0.6) is 0 Å². The summed E-state index contributed by atoms with van der Waals surface area (Å²) in [4.78, 5) is 12.4. The number of hydrogen-bond acceptors (Lipinski definition) is 2. The van der Waals surface area contributed by atoms with E-state index >= 15 is 0 Å². The zero-order valence-electron chi connectivity index (χ0n) is 19.2. The summed E-state index contributed by atoms with van der Waals surface area (Å²) in [5.74, 6) is 1.86. The fourth-order valence-electron chi connectivity index (χ4n) is 5.19. The van der Waals surface area contributed by atoms with Crippen LogP contribution in [-0.4, -0.2) is 19.7 Å². The van der Waals surface area contributed by atoms with Gasteiger partial charge in [0.2, 0.25) is 0 Å². The smallest absolute Gasteiger partial charge is 0.193 e. The minimum absolute atomic E-state index is 0.195. The Hall–Kier alpha value is -0.633. The summed E-state index contributed by atoms with van der Waals surface area (Å²) in [6, 6.07) is 0. The number of hydrogen-bond donors (Lipinski definition) is 0. The highest BCUT2D eigenvalue weighted by Crippen LogP contribution is 2.56. The summed E-state index contributed by atoms with van der Waals surface area (Å²) in [5.41, 5.74) is 3.35. The molecule has 0 spiro atoms. The molecule has 0 radical (unpaired) electrons. The zero-order chi connectivity index (χ0) is 20.7. The first kappa shape index (κ1) is 22.7. The molecule has 0 N–H and O–H groups in total. The SMILES string of the molecule is C[C@H](C=C=CC(C)(C)O[Si](C)(C)C(C)(C)C)[C@H]1CC[C@H]2C(=O)CCC[C@]12C. The summed E-state index contributed by atoms with van der Waals surface area (Å²) < 4.78 is 6.57. The molecule has 0 unspecified atom stereocenters. The van der Waals surface area contributed by atoms with E-state index in [9.17, 15) is 4.79 Å². The molecule has 3 heteroatoms. The predicted molar refractivity (Wildman–Crippen MR) is 117 cm³/mol. The molecule has 0 aromatic carbocycles.